The SMILES string of the molecule is COCCOc1cc2ncc3cnc4c(C)cccc4c3c2cc1OCCOC. The molecule has 0 saturated heterocycles. The predicted octanol–water partition coefficient (Wildman–Crippen LogP) is 4.30. The smallest absolute Gasteiger partial charge is 0.163 e. The van der Waals surface area contributed by atoms with Gasteiger partial charge < -0.3 is 18.9 Å². The number of rotatable bonds is 8. The number of ether oxygens (including phenoxy) is 4. The van der Waals surface area contributed by atoms with Gasteiger partial charge in [0.2, 0.25) is 0 Å². The zero-order valence-corrected chi connectivity index (χ0v) is 16.9. The molecule has 6 nitrogen and oxygen atoms in total. The zero-order valence-electron chi connectivity index (χ0n) is 16.9. The molecule has 0 atom stereocenters. The Labute approximate surface area is 169 Å². The van der Waals surface area contributed by atoms with Crippen LogP contribution in [0.25, 0.3) is 32.6 Å². The number of aromatic nitrogens is 2. The van der Waals surface area contributed by atoms with Crippen LogP contribution in [0, 0.1) is 6.92 Å². The molecule has 4 rings (SSSR count). The molecule has 0 unspecified atom stereocenters. The van der Waals surface area contributed by atoms with Gasteiger partial charge >= 0.3 is 0 Å². The average Bonchev–Trinajstić information content (AvgIpc) is 2.74. The molecule has 0 aliphatic rings. The predicted molar refractivity (Wildman–Crippen MR) is 114 cm³/mol. The highest BCUT2D eigenvalue weighted by molar-refractivity contribution is 6.18. The molecule has 2 aromatic heterocycles. The van der Waals surface area contributed by atoms with Gasteiger partial charge in [0.1, 0.15) is 13.2 Å². The van der Waals surface area contributed by atoms with Crippen molar-refractivity contribution in [2.24, 2.45) is 0 Å². The first-order chi connectivity index (χ1) is 14.2. The summed E-state index contributed by atoms with van der Waals surface area (Å²) in [6.45, 7) is 3.93. The van der Waals surface area contributed by atoms with Gasteiger partial charge in [-0.15, -0.1) is 0 Å². The Kier molecular flexibility index (Phi) is 5.74. The minimum Gasteiger partial charge on any atom is -0.487 e. The van der Waals surface area contributed by atoms with Crippen LogP contribution in [0.15, 0.2) is 42.7 Å². The van der Waals surface area contributed by atoms with E-state index in [0.717, 1.165) is 38.1 Å². The van der Waals surface area contributed by atoms with Gasteiger partial charge in [-0.25, -0.2) is 0 Å². The van der Waals surface area contributed by atoms with E-state index in [1.165, 1.54) is 0 Å². The Balaban J connectivity index is 1.92. The van der Waals surface area contributed by atoms with Crippen LogP contribution in [-0.4, -0.2) is 50.6 Å². The van der Waals surface area contributed by atoms with E-state index in [0.29, 0.717) is 37.9 Å². The molecule has 0 aliphatic heterocycles. The fraction of sp³-hybridized carbons (Fsp3) is 0.304. The van der Waals surface area contributed by atoms with Gasteiger partial charge in [-0.3, -0.25) is 9.97 Å². The van der Waals surface area contributed by atoms with E-state index >= 15 is 0 Å². The molecule has 2 aromatic carbocycles. The third-order valence-electron chi connectivity index (χ3n) is 4.89. The monoisotopic (exact) mass is 392 g/mol. The topological polar surface area (TPSA) is 62.7 Å². The van der Waals surface area contributed by atoms with Crippen LogP contribution in [0.2, 0.25) is 0 Å². The van der Waals surface area contributed by atoms with Crippen molar-refractivity contribution >= 4 is 32.6 Å². The number of fused-ring (bicyclic) bond motifs is 5. The molecule has 150 valence electrons. The lowest BCUT2D eigenvalue weighted by atomic mass is 10.0. The largest absolute Gasteiger partial charge is 0.487 e. The van der Waals surface area contributed by atoms with Crippen LogP contribution < -0.4 is 9.47 Å². The summed E-state index contributed by atoms with van der Waals surface area (Å²) < 4.78 is 22.1. The Morgan fingerprint density at radius 3 is 2.21 bits per heavy atom. The van der Waals surface area contributed by atoms with Crippen molar-refractivity contribution < 1.29 is 18.9 Å². The molecule has 0 spiro atoms. The maximum Gasteiger partial charge on any atom is 0.163 e. The molecule has 6 heteroatoms. The fourth-order valence-electron chi connectivity index (χ4n) is 3.48. The molecular weight excluding hydrogens is 368 g/mol. The number of hydrogen-bond donors (Lipinski definition) is 0. The number of hydrogen-bond acceptors (Lipinski definition) is 6. The number of pyridine rings is 2. The van der Waals surface area contributed by atoms with Gasteiger partial charge in [0.05, 0.1) is 24.2 Å². The maximum atomic E-state index is 5.97. The Bertz CT molecular complexity index is 1160. The highest BCUT2D eigenvalue weighted by Crippen LogP contribution is 2.37. The van der Waals surface area contributed by atoms with E-state index in [2.05, 4.69) is 35.1 Å². The molecule has 29 heavy (non-hydrogen) atoms. The van der Waals surface area contributed by atoms with Gasteiger partial charge in [-0.2, -0.15) is 0 Å². The normalized spacial score (nSPS) is 11.4. The molecule has 0 aliphatic carbocycles. The van der Waals surface area contributed by atoms with E-state index in [1.54, 1.807) is 14.2 Å². The summed E-state index contributed by atoms with van der Waals surface area (Å²) in [5.41, 5.74) is 2.98. The molecule has 0 bridgehead atoms. The van der Waals surface area contributed by atoms with Gasteiger partial charge in [0.15, 0.2) is 11.5 Å². The first kappa shape index (κ1) is 19.4. The van der Waals surface area contributed by atoms with Crippen LogP contribution in [0.4, 0.5) is 0 Å². The molecule has 0 radical (unpaired) electrons. The van der Waals surface area contributed by atoms with Crippen molar-refractivity contribution in [1.29, 1.82) is 0 Å². The summed E-state index contributed by atoms with van der Waals surface area (Å²) in [4.78, 5) is 9.27. The van der Waals surface area contributed by atoms with E-state index in [1.807, 2.05) is 24.5 Å². The highest BCUT2D eigenvalue weighted by Gasteiger charge is 2.14. The van der Waals surface area contributed by atoms with Crippen molar-refractivity contribution in [3.8, 4) is 11.5 Å². The lowest BCUT2D eigenvalue weighted by Gasteiger charge is -2.15. The summed E-state index contributed by atoms with van der Waals surface area (Å²) in [5.74, 6) is 1.31. The summed E-state index contributed by atoms with van der Waals surface area (Å²) in [5, 5.41) is 4.22. The van der Waals surface area contributed by atoms with Crippen molar-refractivity contribution in [2.75, 3.05) is 40.6 Å². The number of benzene rings is 2. The minimum atomic E-state index is 0.433. The third-order valence-corrected chi connectivity index (χ3v) is 4.89. The second-order valence-electron chi connectivity index (χ2n) is 6.82. The van der Waals surface area contributed by atoms with Crippen LogP contribution in [0.1, 0.15) is 5.56 Å². The van der Waals surface area contributed by atoms with Crippen molar-refractivity contribution in [3.05, 3.63) is 48.3 Å². The molecule has 0 amide bonds. The standard InChI is InChI=1S/C23H24N2O4/c1-15-5-4-6-17-22-16(14-25-23(15)17)13-24-19-12-21(29-10-8-27-3)20(11-18(19)22)28-9-7-26-2/h4-6,11-14H,7-10H2,1-3H3. The van der Waals surface area contributed by atoms with Crippen LogP contribution >= 0.6 is 0 Å². The highest BCUT2D eigenvalue weighted by atomic mass is 16.5. The van der Waals surface area contributed by atoms with E-state index in [-0.39, 0.29) is 0 Å². The quantitative estimate of drug-likeness (QED) is 0.329. The van der Waals surface area contributed by atoms with E-state index in [4.69, 9.17) is 18.9 Å². The van der Waals surface area contributed by atoms with Gasteiger partial charge in [-0.1, -0.05) is 18.2 Å². The number of methoxy groups -OCH3 is 2. The first-order valence-corrected chi connectivity index (χ1v) is 9.57. The minimum absolute atomic E-state index is 0.433. The van der Waals surface area contributed by atoms with Crippen LogP contribution in [0.3, 0.4) is 0 Å². The van der Waals surface area contributed by atoms with Crippen LogP contribution in [0.5, 0.6) is 11.5 Å². The zero-order chi connectivity index (χ0) is 20.2. The summed E-state index contributed by atoms with van der Waals surface area (Å²) in [6.07, 6.45) is 3.74. The number of nitrogens with zero attached hydrogens (tertiary/aromatic N) is 2. The van der Waals surface area contributed by atoms with Crippen molar-refractivity contribution in [1.82, 2.24) is 9.97 Å². The second-order valence-corrected chi connectivity index (χ2v) is 6.82. The van der Waals surface area contributed by atoms with E-state index in [9.17, 15) is 0 Å². The fourth-order valence-corrected chi connectivity index (χ4v) is 3.48. The Morgan fingerprint density at radius 1 is 0.793 bits per heavy atom. The molecule has 0 N–H and O–H groups in total. The Morgan fingerprint density at radius 2 is 1.48 bits per heavy atom. The second kappa shape index (κ2) is 8.59. The maximum absolute atomic E-state index is 5.97. The lowest BCUT2D eigenvalue weighted by Crippen LogP contribution is -2.08. The molecule has 4 aromatic rings. The van der Waals surface area contributed by atoms with Gasteiger partial charge in [0, 0.05) is 54.2 Å². The van der Waals surface area contributed by atoms with E-state index < -0.39 is 0 Å². The number of aryl methyl sites for hydroxylation is 1. The Hall–Kier alpha value is -2.96. The molecule has 0 fully saturated rings. The molecular formula is C23H24N2O4. The third kappa shape index (κ3) is 3.81. The summed E-state index contributed by atoms with van der Waals surface area (Å²) in [6, 6.07) is 10.2. The van der Waals surface area contributed by atoms with Crippen LogP contribution in [-0.2, 0) is 9.47 Å². The summed E-state index contributed by atoms with van der Waals surface area (Å²) >= 11 is 0. The first-order valence-electron chi connectivity index (χ1n) is 9.57. The lowest BCUT2D eigenvalue weighted by molar-refractivity contribution is 0.132. The van der Waals surface area contributed by atoms with Gasteiger partial charge in [0.25, 0.3) is 0 Å². The van der Waals surface area contributed by atoms with Crippen molar-refractivity contribution in [3.63, 3.8) is 0 Å². The molecule has 2 heterocycles. The number of para-hydroxylation sites is 1. The average molecular weight is 392 g/mol. The van der Waals surface area contributed by atoms with Gasteiger partial charge in [-0.05, 0) is 18.6 Å². The summed E-state index contributed by atoms with van der Waals surface area (Å²) in [7, 11) is 3.30. The molecule has 0 saturated carbocycles. The van der Waals surface area contributed by atoms with Crippen molar-refractivity contribution in [2.45, 2.75) is 6.92 Å².